The van der Waals surface area contributed by atoms with Gasteiger partial charge in [0.05, 0.1) is 19.4 Å². The number of nitrogens with zero attached hydrogens (tertiary/aromatic N) is 1. The number of ether oxygens (including phenoxy) is 2. The number of aromatic nitrogens is 1. The molecule has 6 heteroatoms. The van der Waals surface area contributed by atoms with Gasteiger partial charge in [-0.2, -0.15) is 5.10 Å². The number of aromatic amines is 1. The summed E-state index contributed by atoms with van der Waals surface area (Å²) >= 11 is 0. The highest BCUT2D eigenvalue weighted by atomic mass is 16.5. The third-order valence-electron chi connectivity index (χ3n) is 6.10. The molecule has 33 heavy (non-hydrogen) atoms. The number of carbonyl (C=O) groups is 1. The monoisotopic (exact) mass is 447 g/mol. The van der Waals surface area contributed by atoms with Crippen LogP contribution in [0.1, 0.15) is 67.2 Å². The second-order valence-corrected chi connectivity index (χ2v) is 8.73. The van der Waals surface area contributed by atoms with Crippen LogP contribution in [0, 0.1) is 5.92 Å². The zero-order chi connectivity index (χ0) is 23.2. The van der Waals surface area contributed by atoms with Gasteiger partial charge in [0.1, 0.15) is 0 Å². The van der Waals surface area contributed by atoms with Gasteiger partial charge in [0, 0.05) is 22.2 Å². The fourth-order valence-electron chi connectivity index (χ4n) is 4.28. The Morgan fingerprint density at radius 3 is 2.88 bits per heavy atom. The fraction of sp³-hybridized carbons (Fsp3) is 0.407. The topological polar surface area (TPSA) is 75.7 Å². The van der Waals surface area contributed by atoms with Crippen LogP contribution in [0.2, 0.25) is 0 Å². The predicted molar refractivity (Wildman–Crippen MR) is 133 cm³/mol. The van der Waals surface area contributed by atoms with E-state index in [1.165, 1.54) is 17.7 Å². The van der Waals surface area contributed by atoms with E-state index < -0.39 is 0 Å². The zero-order valence-corrected chi connectivity index (χ0v) is 19.7. The van der Waals surface area contributed by atoms with E-state index in [0.717, 1.165) is 47.9 Å². The standard InChI is InChI=1S/C27H33N3O3/c1-4-6-13-33-25-12-8-19(15-26(25)32-5-2)17-28-30-27(31)20-9-11-24-22(16-20)21-14-18(3)7-10-23(21)29-24/h8-9,11-12,15-18,29H,4-7,10,13-14H2,1-3H3,(H,30,31)/b28-17-. The average Bonchev–Trinajstić information content (AvgIpc) is 3.17. The molecule has 0 saturated carbocycles. The first-order chi connectivity index (χ1) is 16.1. The van der Waals surface area contributed by atoms with Crippen molar-refractivity contribution in [3.63, 3.8) is 0 Å². The molecular formula is C27H33N3O3. The summed E-state index contributed by atoms with van der Waals surface area (Å²) in [5.74, 6) is 1.85. The Morgan fingerprint density at radius 1 is 1.18 bits per heavy atom. The summed E-state index contributed by atoms with van der Waals surface area (Å²) in [5, 5.41) is 5.31. The summed E-state index contributed by atoms with van der Waals surface area (Å²) in [7, 11) is 0. The first-order valence-corrected chi connectivity index (χ1v) is 12.0. The Hall–Kier alpha value is -3.28. The number of benzene rings is 2. The van der Waals surface area contributed by atoms with Gasteiger partial charge in [-0.15, -0.1) is 0 Å². The Morgan fingerprint density at radius 2 is 2.06 bits per heavy atom. The number of hydrazone groups is 1. The molecular weight excluding hydrogens is 414 g/mol. The van der Waals surface area contributed by atoms with E-state index in [4.69, 9.17) is 9.47 Å². The van der Waals surface area contributed by atoms with Crippen LogP contribution in [-0.4, -0.2) is 30.3 Å². The number of aryl methyl sites for hydroxylation is 1. The molecule has 0 spiro atoms. The molecule has 1 aliphatic carbocycles. The molecule has 1 aromatic heterocycles. The number of rotatable bonds is 9. The number of hydrogen-bond acceptors (Lipinski definition) is 4. The van der Waals surface area contributed by atoms with Crippen molar-refractivity contribution in [2.45, 2.75) is 52.9 Å². The maximum atomic E-state index is 12.7. The molecule has 0 bridgehead atoms. The van der Waals surface area contributed by atoms with E-state index in [0.29, 0.717) is 30.4 Å². The highest BCUT2D eigenvalue weighted by Crippen LogP contribution is 2.32. The minimum Gasteiger partial charge on any atom is -0.490 e. The summed E-state index contributed by atoms with van der Waals surface area (Å²) in [6.07, 6.45) is 7.03. The lowest BCUT2D eigenvalue weighted by Gasteiger charge is -2.18. The molecule has 1 heterocycles. The molecule has 6 nitrogen and oxygen atoms in total. The lowest BCUT2D eigenvalue weighted by atomic mass is 9.87. The zero-order valence-electron chi connectivity index (χ0n) is 19.7. The third-order valence-corrected chi connectivity index (χ3v) is 6.10. The summed E-state index contributed by atoms with van der Waals surface area (Å²) < 4.78 is 11.5. The van der Waals surface area contributed by atoms with Gasteiger partial charge in [-0.05, 0) is 86.1 Å². The molecule has 4 rings (SSSR count). The first kappa shape index (κ1) is 22.9. The maximum absolute atomic E-state index is 12.7. The Kier molecular flexibility index (Phi) is 7.33. The fourth-order valence-corrected chi connectivity index (χ4v) is 4.28. The number of H-pyrrole nitrogens is 1. The predicted octanol–water partition coefficient (Wildman–Crippen LogP) is 5.63. The number of unbranched alkanes of at least 4 members (excludes halogenated alkanes) is 1. The van der Waals surface area contributed by atoms with Crippen molar-refractivity contribution in [3.05, 3.63) is 58.8 Å². The van der Waals surface area contributed by atoms with Gasteiger partial charge in [0.2, 0.25) is 0 Å². The minimum atomic E-state index is -0.225. The van der Waals surface area contributed by atoms with Gasteiger partial charge in [-0.1, -0.05) is 20.3 Å². The van der Waals surface area contributed by atoms with E-state index in [9.17, 15) is 4.79 Å². The number of nitrogens with one attached hydrogen (secondary N) is 2. The second kappa shape index (κ2) is 10.6. The minimum absolute atomic E-state index is 0.225. The van der Waals surface area contributed by atoms with E-state index >= 15 is 0 Å². The molecule has 174 valence electrons. The van der Waals surface area contributed by atoms with Crippen molar-refractivity contribution in [1.29, 1.82) is 0 Å². The third kappa shape index (κ3) is 5.38. The molecule has 2 N–H and O–H groups in total. The van der Waals surface area contributed by atoms with E-state index in [-0.39, 0.29) is 5.91 Å². The lowest BCUT2D eigenvalue weighted by Crippen LogP contribution is -2.17. The largest absolute Gasteiger partial charge is 0.490 e. The van der Waals surface area contributed by atoms with Crippen LogP contribution >= 0.6 is 0 Å². The smallest absolute Gasteiger partial charge is 0.271 e. The van der Waals surface area contributed by atoms with Crippen LogP contribution in [0.5, 0.6) is 11.5 Å². The van der Waals surface area contributed by atoms with Crippen molar-refractivity contribution in [2.75, 3.05) is 13.2 Å². The Bertz CT molecular complexity index is 1150. The summed E-state index contributed by atoms with van der Waals surface area (Å²) in [4.78, 5) is 16.2. The van der Waals surface area contributed by atoms with Gasteiger partial charge in [0.25, 0.3) is 5.91 Å². The van der Waals surface area contributed by atoms with Crippen LogP contribution in [0.4, 0.5) is 0 Å². The molecule has 0 aliphatic heterocycles. The van der Waals surface area contributed by atoms with Crippen molar-refractivity contribution in [3.8, 4) is 11.5 Å². The van der Waals surface area contributed by atoms with Crippen LogP contribution in [0.15, 0.2) is 41.5 Å². The van der Waals surface area contributed by atoms with Crippen molar-refractivity contribution in [1.82, 2.24) is 10.4 Å². The first-order valence-electron chi connectivity index (χ1n) is 12.0. The maximum Gasteiger partial charge on any atom is 0.271 e. The van der Waals surface area contributed by atoms with E-state index in [1.54, 1.807) is 6.21 Å². The highest BCUT2D eigenvalue weighted by Gasteiger charge is 2.20. The molecule has 0 saturated heterocycles. The van der Waals surface area contributed by atoms with E-state index in [2.05, 4.69) is 29.4 Å². The molecule has 1 atom stereocenters. The van der Waals surface area contributed by atoms with Crippen molar-refractivity contribution >= 4 is 23.0 Å². The number of fused-ring (bicyclic) bond motifs is 3. The summed E-state index contributed by atoms with van der Waals surface area (Å²) in [5.41, 5.74) is 7.84. The average molecular weight is 448 g/mol. The lowest BCUT2D eigenvalue weighted by molar-refractivity contribution is 0.0955. The quantitative estimate of drug-likeness (QED) is 0.253. The second-order valence-electron chi connectivity index (χ2n) is 8.73. The van der Waals surface area contributed by atoms with Crippen molar-refractivity contribution < 1.29 is 14.3 Å². The summed E-state index contributed by atoms with van der Waals surface area (Å²) in [6, 6.07) is 11.5. The molecule has 3 aromatic rings. The molecule has 1 aliphatic rings. The molecule has 1 amide bonds. The van der Waals surface area contributed by atoms with Crippen LogP contribution in [0.3, 0.4) is 0 Å². The number of amides is 1. The van der Waals surface area contributed by atoms with Crippen LogP contribution < -0.4 is 14.9 Å². The number of hydrogen-bond donors (Lipinski definition) is 2. The van der Waals surface area contributed by atoms with Crippen LogP contribution in [0.25, 0.3) is 10.9 Å². The normalized spacial score (nSPS) is 15.5. The molecule has 0 radical (unpaired) electrons. The van der Waals surface area contributed by atoms with Gasteiger partial charge in [-0.25, -0.2) is 5.43 Å². The van der Waals surface area contributed by atoms with Gasteiger partial charge >= 0.3 is 0 Å². The molecule has 2 aromatic carbocycles. The SMILES string of the molecule is CCCCOc1ccc(/C=N\NC(=O)c2ccc3[nH]c4c(c3c2)CC(C)CC4)cc1OCC. The van der Waals surface area contributed by atoms with Crippen molar-refractivity contribution in [2.24, 2.45) is 11.0 Å². The van der Waals surface area contributed by atoms with Gasteiger partial charge in [-0.3, -0.25) is 4.79 Å². The number of carbonyl (C=O) groups excluding carboxylic acids is 1. The van der Waals surface area contributed by atoms with Gasteiger partial charge in [0.15, 0.2) is 11.5 Å². The van der Waals surface area contributed by atoms with E-state index in [1.807, 2.05) is 43.3 Å². The molecule has 0 fully saturated rings. The van der Waals surface area contributed by atoms with Gasteiger partial charge < -0.3 is 14.5 Å². The summed E-state index contributed by atoms with van der Waals surface area (Å²) in [6.45, 7) is 7.56. The Balaban J connectivity index is 1.45. The highest BCUT2D eigenvalue weighted by molar-refractivity contribution is 5.99. The van der Waals surface area contributed by atoms with Crippen LogP contribution in [-0.2, 0) is 12.8 Å². The Labute approximate surface area is 195 Å². The molecule has 1 unspecified atom stereocenters.